The van der Waals surface area contributed by atoms with Gasteiger partial charge in [0, 0.05) is 34.8 Å². The van der Waals surface area contributed by atoms with Crippen LogP contribution in [0.1, 0.15) is 31.4 Å². The molecule has 1 aliphatic heterocycles. The predicted molar refractivity (Wildman–Crippen MR) is 138 cm³/mol. The molecule has 0 unspecified atom stereocenters. The maximum Gasteiger partial charge on any atom is 0.586 e. The molecule has 202 valence electrons. The molecule has 2 aliphatic rings. The fourth-order valence-electron chi connectivity index (χ4n) is 4.60. The number of rotatable bonds is 7. The number of furan rings is 1. The van der Waals surface area contributed by atoms with Crippen molar-refractivity contribution in [2.75, 3.05) is 18.6 Å². The average Bonchev–Trinajstić information content (AvgIpc) is 3.56. The molecule has 1 aliphatic carbocycles. The number of amides is 1. The van der Waals surface area contributed by atoms with Gasteiger partial charge in [0.15, 0.2) is 17.1 Å². The Hall–Kier alpha value is -4.12. The third-order valence-corrected chi connectivity index (χ3v) is 6.83. The number of carbonyl (C=O) groups is 1. The summed E-state index contributed by atoms with van der Waals surface area (Å²) in [5, 5.41) is 5.20. The highest BCUT2D eigenvalue weighted by atomic mass is 35.5. The Kier molecular flexibility index (Phi) is 5.98. The van der Waals surface area contributed by atoms with Gasteiger partial charge in [-0.2, -0.15) is 5.10 Å². The molecule has 1 fully saturated rings. The number of likely N-dealkylation sites (N-methyl/N-ethyl adjacent to an activating group) is 1. The van der Waals surface area contributed by atoms with Crippen molar-refractivity contribution in [1.29, 1.82) is 0 Å². The summed E-state index contributed by atoms with van der Waals surface area (Å²) >= 11 is 6.30. The van der Waals surface area contributed by atoms with Gasteiger partial charge in [-0.15, -0.1) is 8.78 Å². The molecule has 0 N–H and O–H groups in total. The van der Waals surface area contributed by atoms with Crippen molar-refractivity contribution < 1.29 is 32.2 Å². The van der Waals surface area contributed by atoms with Gasteiger partial charge < -0.3 is 23.5 Å². The summed E-state index contributed by atoms with van der Waals surface area (Å²) in [5.41, 5.74) is 0.993. The Bertz CT molecular complexity index is 1680. The van der Waals surface area contributed by atoms with Crippen LogP contribution < -0.4 is 24.7 Å². The van der Waals surface area contributed by atoms with Gasteiger partial charge in [0.25, 0.3) is 5.56 Å². The van der Waals surface area contributed by atoms with Gasteiger partial charge in [0.2, 0.25) is 5.91 Å². The van der Waals surface area contributed by atoms with E-state index in [2.05, 4.69) is 14.6 Å². The standard InChI is InChI=1S/C27H22ClF2N3O6/c1-3-32(17-6-7-20-22(11-17)39-27(29,30)38-20)23(34)13-33-26(35)19-12-21(14-4-5-14)37-25(19)24(31-33)15-8-16(28)10-18(9-15)36-2/h6-12,14H,3-5,13H2,1-2H3. The van der Waals surface area contributed by atoms with Crippen molar-refractivity contribution in [2.24, 2.45) is 0 Å². The van der Waals surface area contributed by atoms with Gasteiger partial charge in [-0.25, -0.2) is 4.68 Å². The van der Waals surface area contributed by atoms with E-state index in [0.717, 1.165) is 17.5 Å². The Labute approximate surface area is 225 Å². The molecule has 3 heterocycles. The zero-order valence-electron chi connectivity index (χ0n) is 20.9. The lowest BCUT2D eigenvalue weighted by molar-refractivity contribution is -0.286. The number of carbonyl (C=O) groups excluding carboxylic acids is 1. The van der Waals surface area contributed by atoms with E-state index in [-0.39, 0.29) is 24.0 Å². The van der Waals surface area contributed by atoms with Crippen LogP contribution in [-0.4, -0.2) is 35.6 Å². The van der Waals surface area contributed by atoms with Crippen LogP contribution in [0.4, 0.5) is 14.5 Å². The SMILES string of the molecule is CCN(C(=O)Cn1nc(-c2cc(Cl)cc(OC)c2)c2oc(C3CC3)cc2c1=O)c1ccc2c(c1)OC(F)(F)O2. The summed E-state index contributed by atoms with van der Waals surface area (Å²) < 4.78 is 48.4. The molecular weight excluding hydrogens is 536 g/mol. The van der Waals surface area contributed by atoms with Crippen molar-refractivity contribution in [2.45, 2.75) is 38.5 Å². The third-order valence-electron chi connectivity index (χ3n) is 6.61. The van der Waals surface area contributed by atoms with Crippen LogP contribution >= 0.6 is 11.6 Å². The first-order chi connectivity index (χ1) is 18.7. The molecule has 12 heteroatoms. The van der Waals surface area contributed by atoms with Gasteiger partial charge in [-0.05, 0) is 56.2 Å². The Morgan fingerprint density at radius 2 is 1.95 bits per heavy atom. The molecule has 0 atom stereocenters. The highest BCUT2D eigenvalue weighted by Crippen LogP contribution is 2.44. The summed E-state index contributed by atoms with van der Waals surface area (Å²) in [5.74, 6) is 0.601. The summed E-state index contributed by atoms with van der Waals surface area (Å²) in [6, 6.07) is 10.8. The molecule has 4 aromatic rings. The maximum atomic E-state index is 13.5. The molecule has 0 bridgehead atoms. The van der Waals surface area contributed by atoms with Crippen LogP contribution in [0.25, 0.3) is 22.2 Å². The number of fused-ring (bicyclic) bond motifs is 2. The number of hydrogen-bond acceptors (Lipinski definition) is 7. The van der Waals surface area contributed by atoms with Crippen LogP contribution in [-0.2, 0) is 11.3 Å². The van der Waals surface area contributed by atoms with Gasteiger partial charge in [0.05, 0.1) is 12.5 Å². The van der Waals surface area contributed by atoms with E-state index in [0.29, 0.717) is 44.4 Å². The van der Waals surface area contributed by atoms with E-state index < -0.39 is 24.3 Å². The lowest BCUT2D eigenvalue weighted by Crippen LogP contribution is -2.37. The van der Waals surface area contributed by atoms with Crippen molar-refractivity contribution in [3.05, 3.63) is 63.6 Å². The molecule has 0 spiro atoms. The summed E-state index contributed by atoms with van der Waals surface area (Å²) in [6.07, 6.45) is -1.85. The zero-order valence-corrected chi connectivity index (χ0v) is 21.6. The van der Waals surface area contributed by atoms with Gasteiger partial charge in [-0.1, -0.05) is 11.6 Å². The van der Waals surface area contributed by atoms with Gasteiger partial charge in [0.1, 0.15) is 23.7 Å². The number of anilines is 1. The number of benzene rings is 2. The van der Waals surface area contributed by atoms with Crippen LogP contribution in [0.5, 0.6) is 17.2 Å². The number of methoxy groups -OCH3 is 1. The molecule has 0 radical (unpaired) electrons. The minimum absolute atomic E-state index is 0.136. The van der Waals surface area contributed by atoms with Crippen molar-refractivity contribution >= 4 is 34.2 Å². The van der Waals surface area contributed by atoms with E-state index >= 15 is 0 Å². The molecule has 1 saturated carbocycles. The molecule has 2 aromatic heterocycles. The lowest BCUT2D eigenvalue weighted by Gasteiger charge is -2.21. The number of hydrogen-bond donors (Lipinski definition) is 0. The quantitative estimate of drug-likeness (QED) is 0.293. The number of alkyl halides is 2. The normalized spacial score (nSPS) is 15.5. The molecule has 9 nitrogen and oxygen atoms in total. The van der Waals surface area contributed by atoms with E-state index in [1.807, 2.05) is 0 Å². The fourth-order valence-corrected chi connectivity index (χ4v) is 4.82. The van der Waals surface area contributed by atoms with Gasteiger partial charge in [-0.3, -0.25) is 9.59 Å². The number of aromatic nitrogens is 2. The number of halogens is 3. The highest BCUT2D eigenvalue weighted by molar-refractivity contribution is 6.31. The smallest absolute Gasteiger partial charge is 0.497 e. The Morgan fingerprint density at radius 3 is 2.67 bits per heavy atom. The summed E-state index contributed by atoms with van der Waals surface area (Å²) in [4.78, 5) is 28.2. The monoisotopic (exact) mass is 557 g/mol. The Morgan fingerprint density at radius 1 is 1.18 bits per heavy atom. The fraction of sp³-hybridized carbons (Fsp3) is 0.296. The number of ether oxygens (including phenoxy) is 3. The molecule has 1 amide bonds. The molecule has 2 aromatic carbocycles. The first-order valence-corrected chi connectivity index (χ1v) is 12.6. The second-order valence-corrected chi connectivity index (χ2v) is 9.73. The first kappa shape index (κ1) is 25.2. The second-order valence-electron chi connectivity index (χ2n) is 9.29. The van der Waals surface area contributed by atoms with Crippen LogP contribution in [0.3, 0.4) is 0 Å². The molecular formula is C27H22ClF2N3O6. The largest absolute Gasteiger partial charge is 0.586 e. The maximum absolute atomic E-state index is 13.5. The summed E-state index contributed by atoms with van der Waals surface area (Å²) in [7, 11) is 1.51. The third kappa shape index (κ3) is 4.67. The lowest BCUT2D eigenvalue weighted by atomic mass is 10.1. The van der Waals surface area contributed by atoms with Crippen LogP contribution in [0.15, 0.2) is 51.7 Å². The summed E-state index contributed by atoms with van der Waals surface area (Å²) in [6.45, 7) is 1.50. The van der Waals surface area contributed by atoms with Gasteiger partial charge >= 0.3 is 6.29 Å². The van der Waals surface area contributed by atoms with E-state index in [1.165, 1.54) is 30.2 Å². The van der Waals surface area contributed by atoms with Crippen LogP contribution in [0, 0.1) is 0 Å². The number of nitrogens with zero attached hydrogens (tertiary/aromatic N) is 3. The first-order valence-electron chi connectivity index (χ1n) is 12.3. The van der Waals surface area contributed by atoms with E-state index in [4.69, 9.17) is 20.8 Å². The van der Waals surface area contributed by atoms with E-state index in [1.54, 1.807) is 31.2 Å². The highest BCUT2D eigenvalue weighted by Gasteiger charge is 2.43. The van der Waals surface area contributed by atoms with Crippen molar-refractivity contribution in [3.8, 4) is 28.5 Å². The molecule has 6 rings (SSSR count). The molecule has 39 heavy (non-hydrogen) atoms. The second kappa shape index (κ2) is 9.26. The van der Waals surface area contributed by atoms with Crippen molar-refractivity contribution in [1.82, 2.24) is 9.78 Å². The predicted octanol–water partition coefficient (Wildman–Crippen LogP) is 5.57. The van der Waals surface area contributed by atoms with Crippen molar-refractivity contribution in [3.63, 3.8) is 0 Å². The Balaban J connectivity index is 1.40. The average molecular weight is 558 g/mol. The topological polar surface area (TPSA) is 96.0 Å². The van der Waals surface area contributed by atoms with E-state index in [9.17, 15) is 18.4 Å². The molecule has 0 saturated heterocycles. The zero-order chi connectivity index (χ0) is 27.5. The van der Waals surface area contributed by atoms with Crippen LogP contribution in [0.2, 0.25) is 5.02 Å². The minimum Gasteiger partial charge on any atom is -0.497 e. The minimum atomic E-state index is -3.78.